The van der Waals surface area contributed by atoms with Gasteiger partial charge in [0.15, 0.2) is 11.6 Å². The molecule has 0 N–H and O–H groups in total. The van der Waals surface area contributed by atoms with Gasteiger partial charge in [0, 0.05) is 22.2 Å². The van der Waals surface area contributed by atoms with Crippen molar-refractivity contribution >= 4 is 67.8 Å². The molecular formula is C63H63N3O2. The largest absolute Gasteiger partial charge is 0.312 e. The molecule has 342 valence electrons. The number of anilines is 8. The van der Waals surface area contributed by atoms with Crippen LogP contribution in [0.2, 0.25) is 0 Å². The summed E-state index contributed by atoms with van der Waals surface area (Å²) in [6.07, 6.45) is 3.86. The van der Waals surface area contributed by atoms with Gasteiger partial charge in [0.25, 0.3) is 0 Å². The minimum Gasteiger partial charge on any atom is -0.312 e. The second-order valence-corrected chi connectivity index (χ2v) is 20.9. The minimum absolute atomic E-state index is 0.195. The Morgan fingerprint density at radius 2 is 0.838 bits per heavy atom. The first-order valence-electron chi connectivity index (χ1n) is 24.6. The number of allylic oxidation sites excluding steroid dienone is 4. The van der Waals surface area contributed by atoms with E-state index in [1.54, 1.807) is 6.08 Å². The normalized spacial score (nSPS) is 15.7. The SMILES string of the molecule is Cc1cccc(C)c1N1/C(=C/C=C2C(=O)c3cc4ccccc4cc3C2=O)C(C)(C)c2cc3c(cc21)N(c1c(C(C)C)cccc1C(C)C)c1ccccc1N3c1c(C(C)C)cccc1C(C)C. The van der Waals surface area contributed by atoms with E-state index in [-0.39, 0.29) is 40.8 Å². The van der Waals surface area contributed by atoms with Crippen LogP contribution in [0.1, 0.15) is 153 Å². The van der Waals surface area contributed by atoms with Crippen LogP contribution in [0.15, 0.2) is 151 Å². The summed E-state index contributed by atoms with van der Waals surface area (Å²) in [7, 11) is 0. The fourth-order valence-electron chi connectivity index (χ4n) is 11.3. The number of aryl methyl sites for hydroxylation is 2. The third kappa shape index (κ3) is 6.87. The summed E-state index contributed by atoms with van der Waals surface area (Å²) < 4.78 is 0. The van der Waals surface area contributed by atoms with Crippen molar-refractivity contribution in [3.63, 3.8) is 0 Å². The van der Waals surface area contributed by atoms with Crippen LogP contribution in [0.5, 0.6) is 0 Å². The van der Waals surface area contributed by atoms with Crippen molar-refractivity contribution in [2.24, 2.45) is 0 Å². The van der Waals surface area contributed by atoms with E-state index in [0.29, 0.717) is 11.1 Å². The number of hydrogen-bond acceptors (Lipinski definition) is 5. The molecule has 0 aromatic heterocycles. The molecule has 0 saturated heterocycles. The molecule has 3 aliphatic rings. The topological polar surface area (TPSA) is 43.9 Å². The Hall–Kier alpha value is -6.98. The lowest BCUT2D eigenvalue weighted by molar-refractivity contribution is 0.0988. The number of carbonyl (C=O) groups excluding carboxylic acids is 2. The summed E-state index contributed by atoms with van der Waals surface area (Å²) in [5.41, 5.74) is 19.3. The van der Waals surface area contributed by atoms with Gasteiger partial charge in [0.1, 0.15) is 0 Å². The molecule has 0 bridgehead atoms. The van der Waals surface area contributed by atoms with Crippen molar-refractivity contribution in [2.75, 3.05) is 14.7 Å². The molecule has 5 heteroatoms. The standard InChI is InChI=1S/C63H63N3O2/c1-36(2)44-24-18-25-45(37(3)4)59(44)64-52-28-15-16-29-53(52)65(60-46(38(5)6)26-19-27-47(60)39(7)8)56-35-54-51(34-55(56)64)63(11,12)57(66(54)58-40(9)20-17-21-41(58)10)31-30-48-61(67)49-32-42-22-13-14-23-43(42)33-50(49)62(48)68/h13-39H,1-12H3/b57-31+. The number of Topliss-reactive ketones (excluding diaryl/α,β-unsaturated/α-hetero) is 2. The molecule has 68 heavy (non-hydrogen) atoms. The smallest absolute Gasteiger partial charge is 0.197 e. The van der Waals surface area contributed by atoms with Crippen LogP contribution in [0.3, 0.4) is 0 Å². The van der Waals surface area contributed by atoms with Gasteiger partial charge in [0.05, 0.1) is 51.1 Å². The van der Waals surface area contributed by atoms with Crippen molar-refractivity contribution < 1.29 is 9.59 Å². The molecule has 7 aromatic rings. The van der Waals surface area contributed by atoms with E-state index >= 15 is 0 Å². The molecule has 0 spiro atoms. The summed E-state index contributed by atoms with van der Waals surface area (Å²) in [6, 6.07) is 45.7. The number of fused-ring (bicyclic) bond motifs is 5. The van der Waals surface area contributed by atoms with Crippen LogP contribution in [0.4, 0.5) is 45.5 Å². The summed E-state index contributed by atoms with van der Waals surface area (Å²) in [4.78, 5) is 36.1. The number of carbonyl (C=O) groups is 2. The van der Waals surface area contributed by atoms with E-state index in [2.05, 4.69) is 195 Å². The van der Waals surface area contributed by atoms with Gasteiger partial charge in [0.2, 0.25) is 0 Å². The number of para-hydroxylation sites is 5. The third-order valence-corrected chi connectivity index (χ3v) is 14.8. The molecule has 0 atom stereocenters. The molecular weight excluding hydrogens is 831 g/mol. The zero-order chi connectivity index (χ0) is 48.1. The van der Waals surface area contributed by atoms with Gasteiger partial charge in [-0.15, -0.1) is 0 Å². The maximum Gasteiger partial charge on any atom is 0.197 e. The predicted molar refractivity (Wildman–Crippen MR) is 286 cm³/mol. The maximum atomic E-state index is 14.3. The highest BCUT2D eigenvalue weighted by Gasteiger charge is 2.46. The van der Waals surface area contributed by atoms with Crippen molar-refractivity contribution in [2.45, 2.75) is 112 Å². The first-order chi connectivity index (χ1) is 32.5. The highest BCUT2D eigenvalue weighted by molar-refractivity contribution is 6.40. The lowest BCUT2D eigenvalue weighted by atomic mass is 9.82. The monoisotopic (exact) mass is 893 g/mol. The van der Waals surface area contributed by atoms with Crippen LogP contribution in [0.25, 0.3) is 10.8 Å². The Labute approximate surface area is 403 Å². The van der Waals surface area contributed by atoms with Crippen LogP contribution in [-0.4, -0.2) is 11.6 Å². The number of nitrogens with zero attached hydrogens (tertiary/aromatic N) is 3. The van der Waals surface area contributed by atoms with E-state index in [9.17, 15) is 9.59 Å². The second kappa shape index (κ2) is 16.7. The van der Waals surface area contributed by atoms with E-state index in [4.69, 9.17) is 0 Å². The molecule has 0 fully saturated rings. The van der Waals surface area contributed by atoms with Crippen molar-refractivity contribution in [1.29, 1.82) is 0 Å². The summed E-state index contributed by atoms with van der Waals surface area (Å²) in [6.45, 7) is 27.4. The Morgan fingerprint density at radius 3 is 1.28 bits per heavy atom. The number of ketones is 2. The quantitative estimate of drug-likeness (QED) is 0.112. The highest BCUT2D eigenvalue weighted by atomic mass is 16.2. The van der Waals surface area contributed by atoms with Gasteiger partial charge >= 0.3 is 0 Å². The molecule has 7 aromatic carbocycles. The fourth-order valence-corrected chi connectivity index (χ4v) is 11.3. The lowest BCUT2D eigenvalue weighted by Gasteiger charge is -2.44. The number of rotatable bonds is 8. The number of benzene rings is 7. The molecule has 2 aliphatic heterocycles. The van der Waals surface area contributed by atoms with E-state index in [1.807, 2.05) is 36.4 Å². The Morgan fingerprint density at radius 1 is 0.426 bits per heavy atom. The fraction of sp³-hybridized carbons (Fsp3) is 0.270. The third-order valence-electron chi connectivity index (χ3n) is 14.8. The maximum absolute atomic E-state index is 14.3. The Kier molecular flexibility index (Phi) is 11.0. The van der Waals surface area contributed by atoms with E-state index < -0.39 is 5.41 Å². The molecule has 0 amide bonds. The van der Waals surface area contributed by atoms with Crippen molar-refractivity contribution in [1.82, 2.24) is 0 Å². The first-order valence-corrected chi connectivity index (χ1v) is 24.6. The molecule has 0 unspecified atom stereocenters. The zero-order valence-electron chi connectivity index (χ0n) is 41.7. The minimum atomic E-state index is -0.576. The zero-order valence-corrected chi connectivity index (χ0v) is 41.7. The van der Waals surface area contributed by atoms with Gasteiger partial charge in [-0.2, -0.15) is 0 Å². The van der Waals surface area contributed by atoms with Gasteiger partial charge in [-0.25, -0.2) is 0 Å². The predicted octanol–water partition coefficient (Wildman–Crippen LogP) is 17.5. The summed E-state index contributed by atoms with van der Waals surface area (Å²) >= 11 is 0. The summed E-state index contributed by atoms with van der Waals surface area (Å²) in [5.74, 6) is 0.607. The van der Waals surface area contributed by atoms with E-state index in [0.717, 1.165) is 61.7 Å². The Balaban J connectivity index is 1.29. The van der Waals surface area contributed by atoms with Crippen molar-refractivity contribution in [3.8, 4) is 0 Å². The van der Waals surface area contributed by atoms with Gasteiger partial charge in [-0.3, -0.25) is 9.59 Å². The Bertz CT molecular complexity index is 3180. The van der Waals surface area contributed by atoms with Gasteiger partial charge < -0.3 is 14.7 Å². The highest BCUT2D eigenvalue weighted by Crippen LogP contribution is 2.63. The molecule has 10 rings (SSSR count). The second-order valence-electron chi connectivity index (χ2n) is 20.9. The molecule has 0 saturated carbocycles. The molecule has 5 nitrogen and oxygen atoms in total. The molecule has 2 heterocycles. The van der Waals surface area contributed by atoms with Crippen molar-refractivity contribution in [3.05, 3.63) is 201 Å². The van der Waals surface area contributed by atoms with Crippen LogP contribution < -0.4 is 14.7 Å². The van der Waals surface area contributed by atoms with E-state index in [1.165, 1.54) is 39.2 Å². The first kappa shape index (κ1) is 44.8. The molecule has 1 aliphatic carbocycles. The number of hydrogen-bond donors (Lipinski definition) is 0. The average molecular weight is 894 g/mol. The lowest BCUT2D eigenvalue weighted by Crippen LogP contribution is -2.28. The van der Waals surface area contributed by atoms with Crippen LogP contribution in [0, 0.1) is 13.8 Å². The van der Waals surface area contributed by atoms with Gasteiger partial charge in [-0.1, -0.05) is 160 Å². The van der Waals surface area contributed by atoms with Gasteiger partial charge in [-0.05, 0) is 136 Å². The van der Waals surface area contributed by atoms with Crippen LogP contribution >= 0.6 is 0 Å². The molecule has 0 radical (unpaired) electrons. The van der Waals surface area contributed by atoms with Crippen LogP contribution in [-0.2, 0) is 5.41 Å². The average Bonchev–Trinajstić information content (AvgIpc) is 3.67. The summed E-state index contributed by atoms with van der Waals surface area (Å²) in [5, 5.41) is 1.89.